The van der Waals surface area contributed by atoms with Gasteiger partial charge in [-0.1, -0.05) is 0 Å². The number of hydrazone groups is 1. The maximum absolute atomic E-state index is 12.7. The zero-order chi connectivity index (χ0) is 16.5. The summed E-state index contributed by atoms with van der Waals surface area (Å²) in [6, 6.07) is 6.90. The molecule has 1 atom stereocenters. The van der Waals surface area contributed by atoms with Crippen LogP contribution in [0.4, 0.5) is 0 Å². The fourth-order valence-electron chi connectivity index (χ4n) is 2.63. The van der Waals surface area contributed by atoms with E-state index < -0.39 is 0 Å². The predicted octanol–water partition coefficient (Wildman–Crippen LogP) is 1.55. The lowest BCUT2D eigenvalue weighted by Gasteiger charge is -2.19. The van der Waals surface area contributed by atoms with Crippen molar-refractivity contribution in [1.82, 2.24) is 25.2 Å². The molecule has 0 N–H and O–H groups in total. The summed E-state index contributed by atoms with van der Waals surface area (Å²) in [5.41, 5.74) is 0.697. The highest BCUT2D eigenvalue weighted by molar-refractivity contribution is 6.01. The van der Waals surface area contributed by atoms with Crippen molar-refractivity contribution in [3.63, 3.8) is 0 Å². The first-order chi connectivity index (χ1) is 11.7. The summed E-state index contributed by atoms with van der Waals surface area (Å²) in [6.07, 6.45) is 3.67. The molecule has 0 saturated carbocycles. The second kappa shape index (κ2) is 5.76. The van der Waals surface area contributed by atoms with Crippen LogP contribution < -0.4 is 0 Å². The second-order valence-electron chi connectivity index (χ2n) is 5.38. The maximum Gasteiger partial charge on any atom is 0.265 e. The van der Waals surface area contributed by atoms with Gasteiger partial charge in [0.25, 0.3) is 5.91 Å². The molecule has 0 aromatic carbocycles. The molecule has 1 amide bonds. The maximum atomic E-state index is 12.7. The number of carbonyl (C=O) groups excluding carboxylic acids is 1. The van der Waals surface area contributed by atoms with E-state index in [4.69, 9.17) is 8.83 Å². The summed E-state index contributed by atoms with van der Waals surface area (Å²) >= 11 is 0. The minimum Gasteiger partial charge on any atom is -0.467 e. The zero-order valence-electron chi connectivity index (χ0n) is 12.9. The van der Waals surface area contributed by atoms with Crippen LogP contribution in [0.5, 0.6) is 0 Å². The minimum atomic E-state index is -0.315. The molecule has 3 aromatic rings. The van der Waals surface area contributed by atoms with Crippen LogP contribution in [0.1, 0.15) is 29.8 Å². The number of hydrogen-bond donors (Lipinski definition) is 0. The average Bonchev–Trinajstić information content (AvgIpc) is 3.35. The Balaban J connectivity index is 1.63. The predicted molar refractivity (Wildman–Crippen MR) is 80.7 cm³/mol. The van der Waals surface area contributed by atoms with E-state index in [1.807, 2.05) is 12.1 Å². The summed E-state index contributed by atoms with van der Waals surface area (Å²) in [5.74, 6) is 1.64. The standard InChI is InChI=1S/C15H14N6O3/c1-10-16-18-19-20(10)9-15(22)21-12(14-5-3-7-24-14)8-11(17-21)13-4-2-6-23-13/h2-7,12H,8-9H2,1H3. The van der Waals surface area contributed by atoms with E-state index in [0.717, 1.165) is 0 Å². The van der Waals surface area contributed by atoms with Crippen molar-refractivity contribution in [3.05, 3.63) is 54.1 Å². The second-order valence-corrected chi connectivity index (χ2v) is 5.38. The Bertz CT molecular complexity index is 865. The molecule has 0 spiro atoms. The number of furan rings is 2. The van der Waals surface area contributed by atoms with Gasteiger partial charge in [0.15, 0.2) is 0 Å². The topological polar surface area (TPSA) is 103 Å². The molecule has 9 heteroatoms. The summed E-state index contributed by atoms with van der Waals surface area (Å²) in [7, 11) is 0. The highest BCUT2D eigenvalue weighted by atomic mass is 16.3. The van der Waals surface area contributed by atoms with Crippen LogP contribution in [-0.2, 0) is 11.3 Å². The monoisotopic (exact) mass is 326 g/mol. The fraction of sp³-hybridized carbons (Fsp3) is 0.267. The van der Waals surface area contributed by atoms with E-state index in [-0.39, 0.29) is 18.5 Å². The van der Waals surface area contributed by atoms with E-state index in [1.54, 1.807) is 31.6 Å². The van der Waals surface area contributed by atoms with Crippen molar-refractivity contribution < 1.29 is 13.6 Å². The molecule has 122 valence electrons. The van der Waals surface area contributed by atoms with Crippen molar-refractivity contribution >= 4 is 11.6 Å². The van der Waals surface area contributed by atoms with E-state index >= 15 is 0 Å². The van der Waals surface area contributed by atoms with Crippen LogP contribution in [0.25, 0.3) is 0 Å². The van der Waals surface area contributed by atoms with Gasteiger partial charge in [0, 0.05) is 6.42 Å². The van der Waals surface area contributed by atoms with Crippen molar-refractivity contribution in [2.24, 2.45) is 5.10 Å². The minimum absolute atomic E-state index is 0.00494. The first kappa shape index (κ1) is 14.4. The molecule has 9 nitrogen and oxygen atoms in total. The quantitative estimate of drug-likeness (QED) is 0.720. The van der Waals surface area contributed by atoms with Crippen molar-refractivity contribution in [2.45, 2.75) is 25.9 Å². The van der Waals surface area contributed by atoms with Gasteiger partial charge < -0.3 is 8.83 Å². The number of rotatable bonds is 4. The molecule has 1 aliphatic heterocycles. The molecule has 0 radical (unpaired) electrons. The Kier molecular flexibility index (Phi) is 3.45. The molecule has 4 heterocycles. The van der Waals surface area contributed by atoms with Gasteiger partial charge in [-0.25, -0.2) is 9.69 Å². The summed E-state index contributed by atoms with van der Waals surface area (Å²) in [5, 5.41) is 17.0. The summed E-state index contributed by atoms with van der Waals surface area (Å²) in [6.45, 7) is 1.74. The number of aryl methyl sites for hydroxylation is 1. The van der Waals surface area contributed by atoms with Gasteiger partial charge in [0.2, 0.25) is 0 Å². The average molecular weight is 326 g/mol. The number of nitrogens with zero attached hydrogens (tertiary/aromatic N) is 6. The van der Waals surface area contributed by atoms with E-state index in [1.165, 1.54) is 9.69 Å². The van der Waals surface area contributed by atoms with E-state index in [0.29, 0.717) is 29.5 Å². The third-order valence-electron chi connectivity index (χ3n) is 3.84. The van der Waals surface area contributed by atoms with Gasteiger partial charge in [-0.15, -0.1) is 5.10 Å². The molecule has 0 fully saturated rings. The Morgan fingerprint density at radius 2 is 2.12 bits per heavy atom. The molecule has 1 aliphatic rings. The lowest BCUT2D eigenvalue weighted by Crippen LogP contribution is -2.30. The van der Waals surface area contributed by atoms with Gasteiger partial charge >= 0.3 is 0 Å². The number of aromatic nitrogens is 4. The molecule has 4 rings (SSSR count). The molecule has 0 aliphatic carbocycles. The van der Waals surface area contributed by atoms with Gasteiger partial charge in [0.1, 0.15) is 35.6 Å². The zero-order valence-corrected chi connectivity index (χ0v) is 12.9. The molecule has 1 unspecified atom stereocenters. The van der Waals surface area contributed by atoms with Crippen LogP contribution in [0, 0.1) is 6.92 Å². The van der Waals surface area contributed by atoms with Gasteiger partial charge in [0.05, 0.1) is 12.5 Å². The molecule has 3 aromatic heterocycles. The van der Waals surface area contributed by atoms with E-state index in [2.05, 4.69) is 20.6 Å². The molecular formula is C15H14N6O3. The highest BCUT2D eigenvalue weighted by Gasteiger charge is 2.35. The Morgan fingerprint density at radius 1 is 1.29 bits per heavy atom. The number of carbonyl (C=O) groups is 1. The van der Waals surface area contributed by atoms with Gasteiger partial charge in [-0.3, -0.25) is 4.79 Å². The first-order valence-corrected chi connectivity index (χ1v) is 7.42. The summed E-state index contributed by atoms with van der Waals surface area (Å²) < 4.78 is 12.3. The van der Waals surface area contributed by atoms with Gasteiger partial charge in [-0.05, 0) is 41.6 Å². The molecule has 0 bridgehead atoms. The smallest absolute Gasteiger partial charge is 0.265 e. The SMILES string of the molecule is Cc1nnnn1CC(=O)N1N=C(c2ccco2)CC1c1ccco1. The lowest BCUT2D eigenvalue weighted by atomic mass is 10.1. The van der Waals surface area contributed by atoms with Crippen LogP contribution in [-0.4, -0.2) is 36.8 Å². The fourth-order valence-corrected chi connectivity index (χ4v) is 2.63. The van der Waals surface area contributed by atoms with Crippen molar-refractivity contribution in [2.75, 3.05) is 0 Å². The molecular weight excluding hydrogens is 312 g/mol. The van der Waals surface area contributed by atoms with Crippen molar-refractivity contribution in [3.8, 4) is 0 Å². The number of hydrogen-bond acceptors (Lipinski definition) is 7. The lowest BCUT2D eigenvalue weighted by molar-refractivity contribution is -0.134. The summed E-state index contributed by atoms with van der Waals surface area (Å²) in [4.78, 5) is 12.7. The third-order valence-corrected chi connectivity index (χ3v) is 3.84. The number of tetrazole rings is 1. The van der Waals surface area contributed by atoms with Crippen molar-refractivity contribution in [1.29, 1.82) is 0 Å². The largest absolute Gasteiger partial charge is 0.467 e. The van der Waals surface area contributed by atoms with Crippen LogP contribution >= 0.6 is 0 Å². The number of amides is 1. The van der Waals surface area contributed by atoms with Crippen LogP contribution in [0.3, 0.4) is 0 Å². The Morgan fingerprint density at radius 3 is 2.79 bits per heavy atom. The van der Waals surface area contributed by atoms with Gasteiger partial charge in [-0.2, -0.15) is 5.10 Å². The Labute approximate surface area is 136 Å². The first-order valence-electron chi connectivity index (χ1n) is 7.42. The van der Waals surface area contributed by atoms with Crippen LogP contribution in [0.15, 0.2) is 50.7 Å². The normalized spacial score (nSPS) is 17.3. The molecule has 0 saturated heterocycles. The van der Waals surface area contributed by atoms with E-state index in [9.17, 15) is 4.79 Å². The third kappa shape index (κ3) is 2.49. The molecule has 24 heavy (non-hydrogen) atoms. The Hall–Kier alpha value is -3.23. The highest BCUT2D eigenvalue weighted by Crippen LogP contribution is 2.33. The van der Waals surface area contributed by atoms with Crippen LogP contribution in [0.2, 0.25) is 0 Å².